The van der Waals surface area contributed by atoms with Crippen LogP contribution in [0.2, 0.25) is 10.0 Å². The van der Waals surface area contributed by atoms with E-state index in [1.807, 2.05) is 6.08 Å². The van der Waals surface area contributed by atoms with Crippen molar-refractivity contribution in [2.24, 2.45) is 23.7 Å². The predicted octanol–water partition coefficient (Wildman–Crippen LogP) is 8.46. The summed E-state index contributed by atoms with van der Waals surface area (Å²) in [5.74, 6) is -7.02. The molecule has 2 aliphatic heterocycles. The maximum absolute atomic E-state index is 15.5. The Bertz CT molecular complexity index is 2530. The van der Waals surface area contributed by atoms with Crippen molar-refractivity contribution in [1.29, 1.82) is 0 Å². The number of para-hydroxylation sites is 1. The first-order chi connectivity index (χ1) is 26.8. The van der Waals surface area contributed by atoms with Crippen LogP contribution in [0, 0.1) is 23.7 Å². The van der Waals surface area contributed by atoms with Crippen LogP contribution in [0.15, 0.2) is 115 Å². The molecule has 2 N–H and O–H groups in total. The summed E-state index contributed by atoms with van der Waals surface area (Å²) in [6.45, 7) is 0. The third kappa shape index (κ3) is 5.18. The molecule has 2 saturated heterocycles. The number of halogens is 5. The highest BCUT2D eigenvalue weighted by Gasteiger charge is 2.70. The minimum Gasteiger partial charge on any atom is -0.507 e. The number of amides is 4. The van der Waals surface area contributed by atoms with E-state index in [-0.39, 0.29) is 30.3 Å². The fourth-order valence-electron chi connectivity index (χ4n) is 9.52. The van der Waals surface area contributed by atoms with E-state index in [0.717, 1.165) is 5.01 Å². The van der Waals surface area contributed by atoms with E-state index < -0.39 is 69.5 Å². The summed E-state index contributed by atoms with van der Waals surface area (Å²) in [7, 11) is 0. The lowest BCUT2D eigenvalue weighted by Crippen LogP contribution is -2.53. The van der Waals surface area contributed by atoms with E-state index in [1.54, 1.807) is 84.9 Å². The molecule has 0 radical (unpaired) electrons. The monoisotopic (exact) mass is 796 g/mol. The highest BCUT2D eigenvalue weighted by atomic mass is 35.5. The second-order valence-electron chi connectivity index (χ2n) is 14.5. The number of allylic oxidation sites excluding steroid dienone is 2. The summed E-state index contributed by atoms with van der Waals surface area (Å²) in [5.41, 5.74) is 1.90. The molecule has 3 heterocycles. The average Bonchev–Trinajstić information content (AvgIpc) is 3.57. The highest BCUT2D eigenvalue weighted by molar-refractivity contribution is 6.33. The number of alkyl halides is 3. The van der Waals surface area contributed by atoms with Crippen LogP contribution in [0.1, 0.15) is 35.4 Å². The molecule has 2 aliphatic carbocycles. The van der Waals surface area contributed by atoms with Crippen LogP contribution in [0.25, 0.3) is 10.8 Å². The fraction of sp³-hybridized carbons (Fsp3) is 0.214. The Morgan fingerprint density at radius 3 is 2.21 bits per heavy atom. The first-order valence-corrected chi connectivity index (χ1v) is 18.5. The van der Waals surface area contributed by atoms with E-state index in [9.17, 15) is 32.7 Å². The average molecular weight is 798 g/mol. The number of pyridine rings is 1. The van der Waals surface area contributed by atoms with Crippen molar-refractivity contribution < 1.29 is 37.5 Å². The third-order valence-electron chi connectivity index (χ3n) is 11.8. The number of benzene rings is 4. The van der Waals surface area contributed by atoms with Gasteiger partial charge in [0.2, 0.25) is 11.8 Å². The fourth-order valence-corrected chi connectivity index (χ4v) is 9.85. The normalized spacial score (nSPS) is 25.9. The van der Waals surface area contributed by atoms with Crippen LogP contribution < -0.4 is 10.3 Å². The Morgan fingerprint density at radius 1 is 0.821 bits per heavy atom. The molecule has 1 aromatic heterocycles. The topological polar surface area (TPSA) is 120 Å². The number of imide groups is 2. The van der Waals surface area contributed by atoms with Gasteiger partial charge in [0.05, 0.1) is 39.4 Å². The van der Waals surface area contributed by atoms with Crippen LogP contribution in [-0.2, 0) is 30.8 Å². The number of rotatable bonds is 5. The lowest BCUT2D eigenvalue weighted by Gasteiger charge is -2.51. The molecule has 4 amide bonds. The quantitative estimate of drug-likeness (QED) is 0.135. The number of hydrogen-bond acceptors (Lipinski definition) is 7. The zero-order valence-electron chi connectivity index (χ0n) is 29.0. The van der Waals surface area contributed by atoms with Gasteiger partial charge in [0, 0.05) is 22.5 Å². The van der Waals surface area contributed by atoms with Crippen molar-refractivity contribution in [2.75, 3.05) is 10.3 Å². The Labute approximate surface area is 327 Å². The molecule has 9 rings (SSSR count). The number of hydrogen-bond donors (Lipinski definition) is 2. The molecule has 1 saturated carbocycles. The maximum Gasteiger partial charge on any atom is 0.417 e. The van der Waals surface area contributed by atoms with E-state index in [4.69, 9.17) is 23.2 Å². The smallest absolute Gasteiger partial charge is 0.417 e. The van der Waals surface area contributed by atoms with Crippen LogP contribution >= 0.6 is 23.2 Å². The number of aromatic nitrogens is 1. The molecule has 6 atom stereocenters. The minimum absolute atomic E-state index is 0.0123. The van der Waals surface area contributed by atoms with E-state index in [2.05, 4.69) is 10.4 Å². The molecule has 0 spiro atoms. The zero-order valence-corrected chi connectivity index (χ0v) is 30.5. The number of nitrogens with zero attached hydrogens (tertiary/aromatic N) is 3. The summed E-state index contributed by atoms with van der Waals surface area (Å²) in [4.78, 5) is 64.1. The number of hydrazine groups is 1. The maximum atomic E-state index is 15.5. The van der Waals surface area contributed by atoms with Gasteiger partial charge in [-0.3, -0.25) is 29.5 Å². The van der Waals surface area contributed by atoms with Crippen LogP contribution in [0.4, 0.5) is 24.7 Å². The number of anilines is 2. The van der Waals surface area contributed by atoms with Crippen LogP contribution in [0.3, 0.4) is 0 Å². The Hall–Kier alpha value is -5.72. The summed E-state index contributed by atoms with van der Waals surface area (Å²) in [6.07, 6.45) is -2.13. The SMILES string of the molecule is O=C1C2CC3C(=CCC4C(=O)N(c5ccccc5)C(=O)C43)C(c3ccc(O)c4ccccc34)C2(c2ccc(Cl)cc2)C(=O)N1Nc1ncc(C(F)(F)F)cc1Cl. The molecule has 6 unspecified atom stereocenters. The number of fused-ring (bicyclic) bond motifs is 5. The highest BCUT2D eigenvalue weighted by Crippen LogP contribution is 2.65. The van der Waals surface area contributed by atoms with Crippen molar-refractivity contribution in [3.8, 4) is 5.75 Å². The lowest BCUT2D eigenvalue weighted by molar-refractivity contribution is -0.139. The van der Waals surface area contributed by atoms with Crippen LogP contribution in [-0.4, -0.2) is 38.7 Å². The second-order valence-corrected chi connectivity index (χ2v) is 15.3. The van der Waals surface area contributed by atoms with Crippen molar-refractivity contribution in [1.82, 2.24) is 9.99 Å². The number of carbonyl (C=O) groups excluding carboxylic acids is 4. The van der Waals surface area contributed by atoms with Gasteiger partial charge in [-0.15, -0.1) is 0 Å². The molecule has 4 aliphatic rings. The van der Waals surface area contributed by atoms with Crippen molar-refractivity contribution in [3.05, 3.63) is 142 Å². The molecule has 0 bridgehead atoms. The van der Waals surface area contributed by atoms with Gasteiger partial charge in [0.15, 0.2) is 5.82 Å². The molecule has 14 heteroatoms. The summed E-state index contributed by atoms with van der Waals surface area (Å²) in [6, 6.07) is 26.1. The zero-order chi connectivity index (χ0) is 39.3. The van der Waals surface area contributed by atoms with E-state index in [1.165, 1.54) is 11.0 Å². The molecule has 9 nitrogen and oxygen atoms in total. The van der Waals surface area contributed by atoms with Gasteiger partial charge < -0.3 is 5.11 Å². The van der Waals surface area contributed by atoms with Gasteiger partial charge in [-0.25, -0.2) is 4.98 Å². The third-order valence-corrected chi connectivity index (χ3v) is 12.4. The Morgan fingerprint density at radius 2 is 1.52 bits per heavy atom. The van der Waals surface area contributed by atoms with Crippen LogP contribution in [0.5, 0.6) is 5.75 Å². The standard InChI is InChI=1S/C42H29Cl2F3N4O5/c43-23-12-10-21(11-13-23)41-31(38(54)51(40(41)56)49-36-32(44)18-22(20-48-36)42(45,46)47)19-30-28(35(41)27-16-17-33(52)26-9-5-4-8-25(26)27)14-15-29-34(30)39(55)50(37(29)53)24-6-2-1-3-7-24/h1-14,16-18,20,29-31,34-35,52H,15,19H2,(H,48,49). The summed E-state index contributed by atoms with van der Waals surface area (Å²) in [5, 5.41) is 12.7. The van der Waals surface area contributed by atoms with Gasteiger partial charge in [-0.2, -0.15) is 18.2 Å². The second kappa shape index (κ2) is 12.9. The number of nitrogens with one attached hydrogen (secondary N) is 1. The Balaban J connectivity index is 1.27. The van der Waals surface area contributed by atoms with Gasteiger partial charge in [-0.05, 0) is 71.7 Å². The van der Waals surface area contributed by atoms with Gasteiger partial charge in [0.1, 0.15) is 5.75 Å². The number of phenolic OH excluding ortho intramolecular Hbond substituents is 1. The predicted molar refractivity (Wildman–Crippen MR) is 201 cm³/mol. The molecule has 5 aromatic rings. The molecule has 3 fully saturated rings. The van der Waals surface area contributed by atoms with Crippen molar-refractivity contribution in [2.45, 2.75) is 30.4 Å². The van der Waals surface area contributed by atoms with Gasteiger partial charge in [-0.1, -0.05) is 95.5 Å². The van der Waals surface area contributed by atoms with E-state index >= 15 is 4.79 Å². The van der Waals surface area contributed by atoms with Crippen molar-refractivity contribution >= 4 is 69.1 Å². The number of carbonyl (C=O) groups is 4. The number of aromatic hydroxyl groups is 1. The molecular formula is C42H29Cl2F3N4O5. The summed E-state index contributed by atoms with van der Waals surface area (Å²) >= 11 is 12.7. The number of phenols is 1. The van der Waals surface area contributed by atoms with Gasteiger partial charge >= 0.3 is 6.18 Å². The molecular weight excluding hydrogens is 768 g/mol. The largest absolute Gasteiger partial charge is 0.507 e. The molecule has 4 aromatic carbocycles. The van der Waals surface area contributed by atoms with E-state index in [0.29, 0.717) is 50.4 Å². The minimum atomic E-state index is -4.75. The molecule has 56 heavy (non-hydrogen) atoms. The Kier molecular flexibility index (Phi) is 8.30. The van der Waals surface area contributed by atoms with Crippen molar-refractivity contribution in [3.63, 3.8) is 0 Å². The first-order valence-electron chi connectivity index (χ1n) is 17.8. The lowest BCUT2D eigenvalue weighted by atomic mass is 9.49. The summed E-state index contributed by atoms with van der Waals surface area (Å²) < 4.78 is 40.6. The molecule has 282 valence electrons. The van der Waals surface area contributed by atoms with Gasteiger partial charge in [0.25, 0.3) is 11.8 Å². The first kappa shape index (κ1) is 35.9.